The lowest BCUT2D eigenvalue weighted by atomic mass is 10.3. The van der Waals surface area contributed by atoms with Crippen LogP contribution in [0, 0.1) is 0 Å². The van der Waals surface area contributed by atoms with Gasteiger partial charge in [0.25, 0.3) is 0 Å². The first-order valence-electron chi connectivity index (χ1n) is 3.67. The molecular formula is C9H11NO2. The van der Waals surface area contributed by atoms with Crippen molar-refractivity contribution in [2.75, 3.05) is 7.11 Å². The number of hydrogen-bond acceptors (Lipinski definition) is 2. The van der Waals surface area contributed by atoms with E-state index in [1.54, 1.807) is 12.3 Å². The van der Waals surface area contributed by atoms with Gasteiger partial charge in [-0.2, -0.15) is 0 Å². The largest absolute Gasteiger partial charge is 0.464 e. The van der Waals surface area contributed by atoms with Crippen molar-refractivity contribution in [1.29, 1.82) is 0 Å². The monoisotopic (exact) mass is 165 g/mol. The first kappa shape index (κ1) is 8.59. The van der Waals surface area contributed by atoms with Crippen LogP contribution in [0.5, 0.6) is 0 Å². The molecule has 0 aliphatic rings. The van der Waals surface area contributed by atoms with Crippen LogP contribution >= 0.6 is 0 Å². The van der Waals surface area contributed by atoms with Gasteiger partial charge < -0.3 is 9.72 Å². The average Bonchev–Trinajstić information content (AvgIpc) is 2.52. The Labute approximate surface area is 71.1 Å². The molecule has 0 fully saturated rings. The van der Waals surface area contributed by atoms with Gasteiger partial charge in [0, 0.05) is 6.20 Å². The molecule has 1 aromatic rings. The summed E-state index contributed by atoms with van der Waals surface area (Å²) >= 11 is 0. The van der Waals surface area contributed by atoms with Gasteiger partial charge in [0.1, 0.15) is 5.69 Å². The van der Waals surface area contributed by atoms with E-state index in [0.29, 0.717) is 5.69 Å². The number of allylic oxidation sites excluding steroid dienone is 1. The van der Waals surface area contributed by atoms with Crippen LogP contribution in [0.25, 0.3) is 6.08 Å². The van der Waals surface area contributed by atoms with Crippen LogP contribution in [0.3, 0.4) is 0 Å². The molecule has 64 valence electrons. The van der Waals surface area contributed by atoms with Crippen LogP contribution in [-0.2, 0) is 4.74 Å². The van der Waals surface area contributed by atoms with Crippen LogP contribution in [0.15, 0.2) is 18.3 Å². The van der Waals surface area contributed by atoms with Crippen LogP contribution < -0.4 is 0 Å². The van der Waals surface area contributed by atoms with Gasteiger partial charge >= 0.3 is 5.97 Å². The number of carbonyl (C=O) groups is 1. The molecule has 0 saturated carbocycles. The zero-order valence-electron chi connectivity index (χ0n) is 7.13. The van der Waals surface area contributed by atoms with Gasteiger partial charge in [-0.15, -0.1) is 0 Å². The molecule has 0 unspecified atom stereocenters. The number of esters is 1. The summed E-state index contributed by atoms with van der Waals surface area (Å²) in [6.45, 7) is 1.92. The highest BCUT2D eigenvalue weighted by molar-refractivity contribution is 5.88. The van der Waals surface area contributed by atoms with Gasteiger partial charge in [0.15, 0.2) is 0 Å². The van der Waals surface area contributed by atoms with E-state index in [1.165, 1.54) is 7.11 Å². The lowest BCUT2D eigenvalue weighted by Crippen LogP contribution is -2.00. The Hall–Kier alpha value is -1.51. The smallest absolute Gasteiger partial charge is 0.354 e. The van der Waals surface area contributed by atoms with E-state index < -0.39 is 0 Å². The Morgan fingerprint density at radius 1 is 1.67 bits per heavy atom. The molecule has 1 N–H and O–H groups in total. The number of methoxy groups -OCH3 is 1. The molecule has 1 aromatic heterocycles. The van der Waals surface area contributed by atoms with Crippen molar-refractivity contribution in [3.63, 3.8) is 0 Å². The Morgan fingerprint density at radius 3 is 3.00 bits per heavy atom. The van der Waals surface area contributed by atoms with Crippen molar-refractivity contribution in [2.24, 2.45) is 0 Å². The highest BCUT2D eigenvalue weighted by Gasteiger charge is 2.05. The molecule has 0 spiro atoms. The van der Waals surface area contributed by atoms with Gasteiger partial charge in [-0.3, -0.25) is 0 Å². The van der Waals surface area contributed by atoms with Crippen LogP contribution in [0.4, 0.5) is 0 Å². The second-order valence-corrected chi connectivity index (χ2v) is 2.34. The zero-order chi connectivity index (χ0) is 8.97. The quantitative estimate of drug-likeness (QED) is 0.679. The third-order valence-electron chi connectivity index (χ3n) is 1.47. The van der Waals surface area contributed by atoms with E-state index >= 15 is 0 Å². The Kier molecular flexibility index (Phi) is 2.69. The van der Waals surface area contributed by atoms with Gasteiger partial charge in [-0.1, -0.05) is 12.2 Å². The molecule has 0 bridgehead atoms. The van der Waals surface area contributed by atoms with Crippen molar-refractivity contribution >= 4 is 12.0 Å². The molecule has 0 amide bonds. The second kappa shape index (κ2) is 3.76. The maximum Gasteiger partial charge on any atom is 0.354 e. The summed E-state index contributed by atoms with van der Waals surface area (Å²) in [5, 5.41) is 0. The predicted octanol–water partition coefficient (Wildman–Crippen LogP) is 1.83. The summed E-state index contributed by atoms with van der Waals surface area (Å²) in [6, 6.07) is 1.74. The molecule has 3 nitrogen and oxygen atoms in total. The fraction of sp³-hybridized carbons (Fsp3) is 0.222. The molecule has 0 saturated heterocycles. The molecule has 1 heterocycles. The summed E-state index contributed by atoms with van der Waals surface area (Å²) in [4.78, 5) is 13.8. The number of aromatic nitrogens is 1. The molecule has 0 radical (unpaired) electrons. The van der Waals surface area contributed by atoms with E-state index in [9.17, 15) is 4.79 Å². The zero-order valence-corrected chi connectivity index (χ0v) is 7.13. The lowest BCUT2D eigenvalue weighted by molar-refractivity contribution is 0.0595. The van der Waals surface area contributed by atoms with Gasteiger partial charge in [0.05, 0.1) is 7.11 Å². The van der Waals surface area contributed by atoms with Crippen molar-refractivity contribution in [1.82, 2.24) is 4.98 Å². The third kappa shape index (κ3) is 1.75. The molecule has 0 atom stereocenters. The molecule has 3 heteroatoms. The molecule has 0 aliphatic carbocycles. The lowest BCUT2D eigenvalue weighted by Gasteiger charge is -1.91. The van der Waals surface area contributed by atoms with Crippen LogP contribution in [0.2, 0.25) is 0 Å². The number of ether oxygens (including phenoxy) is 1. The Morgan fingerprint density at radius 2 is 2.42 bits per heavy atom. The van der Waals surface area contributed by atoms with Gasteiger partial charge in [-0.25, -0.2) is 4.79 Å². The Bertz CT molecular complexity index is 299. The number of nitrogens with one attached hydrogen (secondary N) is 1. The van der Waals surface area contributed by atoms with Gasteiger partial charge in [0.2, 0.25) is 0 Å². The summed E-state index contributed by atoms with van der Waals surface area (Å²) in [5.41, 5.74) is 1.45. The van der Waals surface area contributed by atoms with E-state index in [0.717, 1.165) is 5.56 Å². The fourth-order valence-corrected chi connectivity index (χ4v) is 0.928. The molecule has 0 aromatic carbocycles. The minimum atomic E-state index is -0.342. The summed E-state index contributed by atoms with van der Waals surface area (Å²) in [6.07, 6.45) is 5.57. The number of aromatic amines is 1. The first-order valence-corrected chi connectivity index (χ1v) is 3.67. The minimum Gasteiger partial charge on any atom is -0.464 e. The maximum atomic E-state index is 11.0. The molecule has 12 heavy (non-hydrogen) atoms. The highest BCUT2D eigenvalue weighted by Crippen LogP contribution is 2.06. The van der Waals surface area contributed by atoms with E-state index in [-0.39, 0.29) is 5.97 Å². The van der Waals surface area contributed by atoms with Gasteiger partial charge in [-0.05, 0) is 18.6 Å². The normalized spacial score (nSPS) is 10.5. The second-order valence-electron chi connectivity index (χ2n) is 2.34. The highest BCUT2D eigenvalue weighted by atomic mass is 16.5. The minimum absolute atomic E-state index is 0.342. The molecule has 0 aliphatic heterocycles. The number of carbonyl (C=O) groups excluding carboxylic acids is 1. The molecule has 1 rings (SSSR count). The Balaban J connectivity index is 2.84. The average molecular weight is 165 g/mol. The summed E-state index contributed by atoms with van der Waals surface area (Å²) in [7, 11) is 1.36. The van der Waals surface area contributed by atoms with E-state index in [4.69, 9.17) is 0 Å². The van der Waals surface area contributed by atoms with Crippen molar-refractivity contribution in [3.8, 4) is 0 Å². The first-order chi connectivity index (χ1) is 5.77. The summed E-state index contributed by atoms with van der Waals surface area (Å²) in [5.74, 6) is -0.342. The van der Waals surface area contributed by atoms with Crippen molar-refractivity contribution in [3.05, 3.63) is 29.6 Å². The predicted molar refractivity (Wildman–Crippen MR) is 46.8 cm³/mol. The number of hydrogen-bond donors (Lipinski definition) is 1. The SMILES string of the molecule is C/C=C/c1c[nH]c(C(=O)OC)c1. The van der Waals surface area contributed by atoms with Crippen LogP contribution in [-0.4, -0.2) is 18.1 Å². The van der Waals surface area contributed by atoms with Crippen LogP contribution in [0.1, 0.15) is 23.0 Å². The number of H-pyrrole nitrogens is 1. The summed E-state index contributed by atoms with van der Waals surface area (Å²) < 4.78 is 4.53. The third-order valence-corrected chi connectivity index (χ3v) is 1.47. The maximum absolute atomic E-state index is 11.0. The van der Waals surface area contributed by atoms with E-state index in [1.807, 2.05) is 19.1 Å². The van der Waals surface area contributed by atoms with E-state index in [2.05, 4.69) is 9.72 Å². The topological polar surface area (TPSA) is 42.1 Å². The van der Waals surface area contributed by atoms with Crippen molar-refractivity contribution < 1.29 is 9.53 Å². The molecular weight excluding hydrogens is 154 g/mol. The standard InChI is InChI=1S/C9H11NO2/c1-3-4-7-5-8(10-6-7)9(11)12-2/h3-6,10H,1-2H3/b4-3+. The van der Waals surface area contributed by atoms with Crippen molar-refractivity contribution in [2.45, 2.75) is 6.92 Å². The number of rotatable bonds is 2. The fourth-order valence-electron chi connectivity index (χ4n) is 0.928.